The van der Waals surface area contributed by atoms with E-state index in [1.807, 2.05) is 24.3 Å². The number of hydrogen-bond donors (Lipinski definition) is 2. The Hall–Kier alpha value is -0.920. The number of hydrogen-bond acceptors (Lipinski definition) is 3. The Bertz CT molecular complexity index is 828. The van der Waals surface area contributed by atoms with E-state index in [1.54, 1.807) is 5.01 Å². The zero-order chi connectivity index (χ0) is 21.0. The van der Waals surface area contributed by atoms with Crippen LogP contribution < -0.4 is 5.32 Å². The second kappa shape index (κ2) is 11.1. The second-order valence-corrected chi connectivity index (χ2v) is 9.84. The molecule has 5 nitrogen and oxygen atoms in total. The number of nitrogens with zero attached hydrogens (tertiary/aromatic N) is 2. The Morgan fingerprint density at radius 2 is 1.67 bits per heavy atom. The van der Waals surface area contributed by atoms with Gasteiger partial charge in [-0.1, -0.05) is 82.8 Å². The summed E-state index contributed by atoms with van der Waals surface area (Å²) < 4.78 is -1.69. The number of benzene rings is 2. The van der Waals surface area contributed by atoms with Crippen molar-refractivity contribution in [1.29, 1.82) is 0 Å². The molecule has 0 unspecified atom stereocenters. The molecule has 0 bridgehead atoms. The highest BCUT2D eigenvalue weighted by Crippen LogP contribution is 2.29. The molecule has 0 saturated carbocycles. The molecular formula is C20H22Cl5N3O2. The van der Waals surface area contributed by atoms with Gasteiger partial charge in [-0.2, -0.15) is 0 Å². The first-order valence-corrected chi connectivity index (χ1v) is 10.6. The quantitative estimate of drug-likeness (QED) is 0.518. The van der Waals surface area contributed by atoms with Crippen LogP contribution in [0.2, 0.25) is 5.02 Å². The normalized spacial score (nSPS) is 17.3. The topological polar surface area (TPSA) is 55.8 Å². The van der Waals surface area contributed by atoms with Crippen LogP contribution in [0.4, 0.5) is 4.79 Å². The zero-order valence-electron chi connectivity index (χ0n) is 15.9. The molecule has 0 spiro atoms. The van der Waals surface area contributed by atoms with Gasteiger partial charge in [-0.05, 0) is 35.2 Å². The van der Waals surface area contributed by atoms with Crippen molar-refractivity contribution in [2.24, 2.45) is 0 Å². The van der Waals surface area contributed by atoms with Gasteiger partial charge in [0.15, 0.2) is 0 Å². The van der Waals surface area contributed by atoms with Crippen molar-refractivity contribution < 1.29 is 9.90 Å². The molecule has 1 aliphatic rings. The lowest BCUT2D eigenvalue weighted by Gasteiger charge is -2.42. The van der Waals surface area contributed by atoms with Crippen molar-refractivity contribution in [2.45, 2.75) is 16.3 Å². The van der Waals surface area contributed by atoms with Crippen molar-refractivity contribution in [3.63, 3.8) is 0 Å². The number of rotatable bonds is 5. The highest BCUT2D eigenvalue weighted by Gasteiger charge is 2.35. The molecule has 0 aliphatic carbocycles. The highest BCUT2D eigenvalue weighted by molar-refractivity contribution is 6.67. The molecule has 30 heavy (non-hydrogen) atoms. The fraction of sp³-hybridized carbons (Fsp3) is 0.350. The monoisotopic (exact) mass is 511 g/mol. The lowest BCUT2D eigenvalue weighted by Crippen LogP contribution is -2.61. The molecule has 1 saturated heterocycles. The van der Waals surface area contributed by atoms with Gasteiger partial charge in [-0.3, -0.25) is 0 Å². The molecule has 1 aliphatic heterocycles. The summed E-state index contributed by atoms with van der Waals surface area (Å²) in [6.07, 6.45) is -0.473. The molecule has 0 aromatic heterocycles. The summed E-state index contributed by atoms with van der Waals surface area (Å²) in [5.41, 5.74) is 3.27. The molecule has 1 amide bonds. The minimum atomic E-state index is -1.69. The van der Waals surface area contributed by atoms with Crippen LogP contribution >= 0.6 is 58.8 Å². The van der Waals surface area contributed by atoms with Crippen LogP contribution in [0, 0.1) is 0 Å². The third-order valence-corrected chi connectivity index (χ3v) is 5.39. The van der Waals surface area contributed by atoms with Crippen LogP contribution in [-0.4, -0.2) is 57.2 Å². The molecular weight excluding hydrogens is 492 g/mol. The fourth-order valence-corrected chi connectivity index (χ4v) is 3.90. The van der Waals surface area contributed by atoms with Gasteiger partial charge in [0.1, 0.15) is 0 Å². The summed E-state index contributed by atoms with van der Waals surface area (Å²) in [6.45, 7) is 1.60. The van der Waals surface area contributed by atoms with E-state index in [0.717, 1.165) is 21.7 Å². The SMILES string of the molecule is Cl.O=C(O)N(CC(Cl)(Cl)Cl)N1CCNC[C@@H]1Cc1ccc(-c2ccc(Cl)cc2)cc1. The van der Waals surface area contributed by atoms with Crippen LogP contribution in [0.15, 0.2) is 48.5 Å². The van der Waals surface area contributed by atoms with Crippen molar-refractivity contribution in [2.75, 3.05) is 26.2 Å². The van der Waals surface area contributed by atoms with E-state index in [2.05, 4.69) is 29.6 Å². The van der Waals surface area contributed by atoms with Crippen LogP contribution in [0.5, 0.6) is 0 Å². The minimum Gasteiger partial charge on any atom is -0.464 e. The highest BCUT2D eigenvalue weighted by atomic mass is 35.6. The average molecular weight is 514 g/mol. The van der Waals surface area contributed by atoms with Crippen molar-refractivity contribution in [3.05, 3.63) is 59.1 Å². The summed E-state index contributed by atoms with van der Waals surface area (Å²) in [4.78, 5) is 11.8. The number of hydrazine groups is 1. The first kappa shape index (κ1) is 25.3. The van der Waals surface area contributed by atoms with Crippen molar-refractivity contribution >= 4 is 64.9 Å². The van der Waals surface area contributed by atoms with E-state index in [0.29, 0.717) is 31.1 Å². The van der Waals surface area contributed by atoms with E-state index in [1.165, 1.54) is 0 Å². The lowest BCUT2D eigenvalue weighted by atomic mass is 10.00. The third-order valence-electron chi connectivity index (χ3n) is 4.78. The summed E-state index contributed by atoms with van der Waals surface area (Å²) in [5.74, 6) is 0. The van der Waals surface area contributed by atoms with Gasteiger partial charge in [-0.15, -0.1) is 12.4 Å². The number of halogens is 5. The third kappa shape index (κ3) is 7.06. The summed E-state index contributed by atoms with van der Waals surface area (Å²) in [7, 11) is 0. The van der Waals surface area contributed by atoms with Crippen LogP contribution in [0.25, 0.3) is 11.1 Å². The van der Waals surface area contributed by atoms with Crippen molar-refractivity contribution in [1.82, 2.24) is 15.3 Å². The largest absolute Gasteiger partial charge is 0.464 e. The Balaban J connectivity index is 0.00000320. The van der Waals surface area contributed by atoms with E-state index < -0.39 is 9.89 Å². The van der Waals surface area contributed by atoms with Crippen LogP contribution in [0.1, 0.15) is 5.56 Å². The molecule has 164 valence electrons. The van der Waals surface area contributed by atoms with Crippen LogP contribution in [0.3, 0.4) is 0 Å². The number of amides is 1. The van der Waals surface area contributed by atoms with Gasteiger partial charge in [0, 0.05) is 30.7 Å². The van der Waals surface area contributed by atoms with E-state index in [4.69, 9.17) is 46.4 Å². The summed E-state index contributed by atoms with van der Waals surface area (Å²) in [6, 6.07) is 15.8. The second-order valence-electron chi connectivity index (χ2n) is 6.88. The molecule has 2 N–H and O–H groups in total. The van der Waals surface area contributed by atoms with Gasteiger partial charge in [0.25, 0.3) is 0 Å². The van der Waals surface area contributed by atoms with E-state index in [-0.39, 0.29) is 25.0 Å². The average Bonchev–Trinajstić information content (AvgIpc) is 2.67. The standard InChI is InChI=1S/C20H21Cl4N3O2.ClH/c21-17-7-5-16(6-8-17)15-3-1-14(2-4-15)11-18-12-25-9-10-26(18)27(19(28)29)13-20(22,23)24;/h1-8,18,25H,9-13H2,(H,28,29);1H/t18-;/m0./s1. The maximum Gasteiger partial charge on any atom is 0.422 e. The summed E-state index contributed by atoms with van der Waals surface area (Å²) >= 11 is 23.5. The molecule has 1 heterocycles. The van der Waals surface area contributed by atoms with Gasteiger partial charge < -0.3 is 10.4 Å². The van der Waals surface area contributed by atoms with Gasteiger partial charge >= 0.3 is 6.09 Å². The number of carbonyl (C=O) groups is 1. The number of piperazine rings is 1. The molecule has 10 heteroatoms. The number of alkyl halides is 3. The first-order valence-electron chi connectivity index (χ1n) is 9.12. The predicted octanol–water partition coefficient (Wildman–Crippen LogP) is 5.51. The molecule has 0 radical (unpaired) electrons. The van der Waals surface area contributed by atoms with Crippen LogP contribution in [-0.2, 0) is 6.42 Å². The fourth-order valence-electron chi connectivity index (χ4n) is 3.43. The first-order chi connectivity index (χ1) is 13.7. The van der Waals surface area contributed by atoms with Crippen molar-refractivity contribution in [3.8, 4) is 11.1 Å². The van der Waals surface area contributed by atoms with E-state index in [9.17, 15) is 9.90 Å². The van der Waals surface area contributed by atoms with Gasteiger partial charge in [0.2, 0.25) is 3.79 Å². The van der Waals surface area contributed by atoms with Gasteiger partial charge in [-0.25, -0.2) is 14.8 Å². The molecule has 3 rings (SSSR count). The molecule has 1 fully saturated rings. The Labute approximate surface area is 202 Å². The maximum absolute atomic E-state index is 11.8. The van der Waals surface area contributed by atoms with E-state index >= 15 is 0 Å². The zero-order valence-corrected chi connectivity index (χ0v) is 19.7. The lowest BCUT2D eigenvalue weighted by molar-refractivity contribution is -0.0511. The summed E-state index contributed by atoms with van der Waals surface area (Å²) in [5, 5.41) is 16.5. The Morgan fingerprint density at radius 3 is 2.20 bits per heavy atom. The van der Waals surface area contributed by atoms with Gasteiger partial charge in [0.05, 0.1) is 6.54 Å². The Morgan fingerprint density at radius 1 is 1.10 bits per heavy atom. The Kier molecular flexibility index (Phi) is 9.37. The predicted molar refractivity (Wildman–Crippen MR) is 126 cm³/mol. The molecule has 2 aromatic carbocycles. The number of nitrogens with one attached hydrogen (secondary N) is 1. The minimum absolute atomic E-state index is 0. The molecule has 1 atom stereocenters. The molecule has 2 aromatic rings. The smallest absolute Gasteiger partial charge is 0.422 e. The number of carboxylic acid groups (broad SMARTS) is 1. The maximum atomic E-state index is 11.8.